The molecular weight excluding hydrogens is 172 g/mol. The molecule has 0 spiro atoms. The topological polar surface area (TPSA) is 12.0 Å². The SMILES string of the molecule is Cc1ccc(F)c(C2CNC2)c1F. The normalized spacial score (nSPS) is 17.2. The summed E-state index contributed by atoms with van der Waals surface area (Å²) >= 11 is 0. The van der Waals surface area contributed by atoms with E-state index in [4.69, 9.17) is 0 Å². The molecule has 2 rings (SSSR count). The van der Waals surface area contributed by atoms with Crippen LogP contribution in [0.3, 0.4) is 0 Å². The van der Waals surface area contributed by atoms with Crippen LogP contribution in [-0.4, -0.2) is 13.1 Å². The van der Waals surface area contributed by atoms with Gasteiger partial charge < -0.3 is 5.32 Å². The van der Waals surface area contributed by atoms with E-state index in [-0.39, 0.29) is 17.3 Å². The standard InChI is InChI=1S/C10H11F2N/c1-6-2-3-8(11)9(10(6)12)7-4-13-5-7/h2-3,7,13H,4-5H2,1H3. The molecule has 1 aliphatic heterocycles. The number of aryl methyl sites for hydroxylation is 1. The highest BCUT2D eigenvalue weighted by Gasteiger charge is 2.26. The minimum atomic E-state index is -0.422. The van der Waals surface area contributed by atoms with Crippen molar-refractivity contribution in [2.24, 2.45) is 0 Å². The maximum Gasteiger partial charge on any atom is 0.132 e. The lowest BCUT2D eigenvalue weighted by Crippen LogP contribution is -2.40. The van der Waals surface area contributed by atoms with Crippen molar-refractivity contribution in [2.45, 2.75) is 12.8 Å². The third kappa shape index (κ3) is 1.33. The molecule has 1 fully saturated rings. The van der Waals surface area contributed by atoms with E-state index in [0.717, 1.165) is 0 Å². The Morgan fingerprint density at radius 2 is 2.00 bits per heavy atom. The molecule has 1 saturated heterocycles. The molecule has 0 radical (unpaired) electrons. The molecule has 0 bridgehead atoms. The molecule has 0 amide bonds. The van der Waals surface area contributed by atoms with Crippen molar-refractivity contribution in [3.8, 4) is 0 Å². The number of hydrogen-bond donors (Lipinski definition) is 1. The predicted molar refractivity (Wildman–Crippen MR) is 46.7 cm³/mol. The van der Waals surface area contributed by atoms with Gasteiger partial charge in [-0.25, -0.2) is 8.78 Å². The fraction of sp³-hybridized carbons (Fsp3) is 0.400. The molecule has 1 nitrogen and oxygen atoms in total. The molecule has 1 N–H and O–H groups in total. The second-order valence-corrected chi connectivity index (χ2v) is 3.45. The van der Waals surface area contributed by atoms with E-state index < -0.39 is 5.82 Å². The van der Waals surface area contributed by atoms with Gasteiger partial charge in [0.2, 0.25) is 0 Å². The van der Waals surface area contributed by atoms with Gasteiger partial charge in [0, 0.05) is 24.6 Å². The molecule has 1 aromatic rings. The number of benzene rings is 1. The van der Waals surface area contributed by atoms with Crippen LogP contribution in [0.4, 0.5) is 8.78 Å². The van der Waals surface area contributed by atoms with Crippen molar-refractivity contribution in [3.05, 3.63) is 34.9 Å². The second kappa shape index (κ2) is 3.07. The van der Waals surface area contributed by atoms with Crippen molar-refractivity contribution >= 4 is 0 Å². The van der Waals surface area contributed by atoms with E-state index in [1.165, 1.54) is 12.1 Å². The predicted octanol–water partition coefficient (Wildman–Crippen LogP) is 1.96. The minimum absolute atomic E-state index is 0.0138. The van der Waals surface area contributed by atoms with Gasteiger partial charge in [0.25, 0.3) is 0 Å². The fourth-order valence-corrected chi connectivity index (χ4v) is 1.55. The van der Waals surface area contributed by atoms with Crippen LogP contribution >= 0.6 is 0 Å². The van der Waals surface area contributed by atoms with Crippen LogP contribution in [0.2, 0.25) is 0 Å². The monoisotopic (exact) mass is 183 g/mol. The van der Waals surface area contributed by atoms with Gasteiger partial charge in [-0.2, -0.15) is 0 Å². The van der Waals surface area contributed by atoms with E-state index in [0.29, 0.717) is 18.7 Å². The van der Waals surface area contributed by atoms with Gasteiger partial charge >= 0.3 is 0 Å². The first-order chi connectivity index (χ1) is 6.20. The van der Waals surface area contributed by atoms with Crippen molar-refractivity contribution in [2.75, 3.05) is 13.1 Å². The molecule has 13 heavy (non-hydrogen) atoms. The first-order valence-corrected chi connectivity index (χ1v) is 4.35. The molecule has 0 aliphatic carbocycles. The third-order valence-electron chi connectivity index (χ3n) is 2.51. The average molecular weight is 183 g/mol. The minimum Gasteiger partial charge on any atom is -0.315 e. The lowest BCUT2D eigenvalue weighted by atomic mass is 9.91. The molecule has 0 unspecified atom stereocenters. The maximum absolute atomic E-state index is 13.5. The number of nitrogens with one attached hydrogen (secondary N) is 1. The number of hydrogen-bond acceptors (Lipinski definition) is 1. The first-order valence-electron chi connectivity index (χ1n) is 4.35. The Morgan fingerprint density at radius 1 is 1.31 bits per heavy atom. The maximum atomic E-state index is 13.5. The Bertz CT molecular complexity index is 332. The van der Waals surface area contributed by atoms with Crippen LogP contribution in [0.25, 0.3) is 0 Å². The zero-order chi connectivity index (χ0) is 9.42. The average Bonchev–Trinajstić information content (AvgIpc) is 2.02. The van der Waals surface area contributed by atoms with Gasteiger partial charge in [-0.3, -0.25) is 0 Å². The van der Waals surface area contributed by atoms with Crippen LogP contribution in [0, 0.1) is 18.6 Å². The Kier molecular flexibility index (Phi) is 2.04. The van der Waals surface area contributed by atoms with Gasteiger partial charge in [0.1, 0.15) is 11.6 Å². The van der Waals surface area contributed by atoms with Crippen molar-refractivity contribution in [3.63, 3.8) is 0 Å². The first kappa shape index (κ1) is 8.63. The Balaban J connectivity index is 2.46. The van der Waals surface area contributed by atoms with Crippen LogP contribution in [-0.2, 0) is 0 Å². The van der Waals surface area contributed by atoms with Gasteiger partial charge in [0.05, 0.1) is 0 Å². The fourth-order valence-electron chi connectivity index (χ4n) is 1.55. The molecule has 3 heteroatoms. The summed E-state index contributed by atoms with van der Waals surface area (Å²) in [7, 11) is 0. The zero-order valence-electron chi connectivity index (χ0n) is 7.40. The summed E-state index contributed by atoms with van der Waals surface area (Å²) in [6.07, 6.45) is 0. The molecule has 1 aliphatic rings. The largest absolute Gasteiger partial charge is 0.315 e. The lowest BCUT2D eigenvalue weighted by molar-refractivity contribution is 0.410. The van der Waals surface area contributed by atoms with Crippen LogP contribution in [0.15, 0.2) is 12.1 Å². The molecular formula is C10H11F2N. The van der Waals surface area contributed by atoms with E-state index in [2.05, 4.69) is 5.32 Å². The summed E-state index contributed by atoms with van der Waals surface area (Å²) in [5, 5.41) is 3.00. The summed E-state index contributed by atoms with van der Waals surface area (Å²) in [6, 6.07) is 2.81. The highest BCUT2D eigenvalue weighted by atomic mass is 19.1. The Morgan fingerprint density at radius 3 is 2.54 bits per heavy atom. The van der Waals surface area contributed by atoms with Gasteiger partial charge in [-0.15, -0.1) is 0 Å². The molecule has 70 valence electrons. The smallest absolute Gasteiger partial charge is 0.132 e. The summed E-state index contributed by atoms with van der Waals surface area (Å²) in [5.74, 6) is -0.791. The van der Waals surface area contributed by atoms with E-state index >= 15 is 0 Å². The Hall–Kier alpha value is -0.960. The number of rotatable bonds is 1. The Labute approximate surface area is 75.8 Å². The molecule has 1 aromatic carbocycles. The highest BCUT2D eigenvalue weighted by Crippen LogP contribution is 2.27. The molecule has 1 heterocycles. The molecule has 0 saturated carbocycles. The zero-order valence-corrected chi connectivity index (χ0v) is 7.40. The van der Waals surface area contributed by atoms with Crippen LogP contribution in [0.5, 0.6) is 0 Å². The van der Waals surface area contributed by atoms with Gasteiger partial charge in [-0.1, -0.05) is 6.07 Å². The van der Waals surface area contributed by atoms with Crippen molar-refractivity contribution in [1.29, 1.82) is 0 Å². The van der Waals surface area contributed by atoms with Gasteiger partial charge in [0.15, 0.2) is 0 Å². The van der Waals surface area contributed by atoms with Gasteiger partial charge in [-0.05, 0) is 18.6 Å². The van der Waals surface area contributed by atoms with E-state index in [9.17, 15) is 8.78 Å². The van der Waals surface area contributed by atoms with Crippen LogP contribution in [0.1, 0.15) is 17.0 Å². The molecule has 0 atom stereocenters. The number of halogens is 2. The summed E-state index contributed by atoms with van der Waals surface area (Å²) in [5.41, 5.74) is 0.766. The van der Waals surface area contributed by atoms with E-state index in [1.807, 2.05) is 0 Å². The summed E-state index contributed by atoms with van der Waals surface area (Å²) in [4.78, 5) is 0. The third-order valence-corrected chi connectivity index (χ3v) is 2.51. The summed E-state index contributed by atoms with van der Waals surface area (Å²) < 4.78 is 26.7. The molecule has 0 aromatic heterocycles. The van der Waals surface area contributed by atoms with Crippen molar-refractivity contribution in [1.82, 2.24) is 5.32 Å². The van der Waals surface area contributed by atoms with Crippen molar-refractivity contribution < 1.29 is 8.78 Å². The van der Waals surface area contributed by atoms with Crippen LogP contribution < -0.4 is 5.32 Å². The lowest BCUT2D eigenvalue weighted by Gasteiger charge is -2.28. The summed E-state index contributed by atoms with van der Waals surface area (Å²) in [6.45, 7) is 3.01. The quantitative estimate of drug-likeness (QED) is 0.701. The van der Waals surface area contributed by atoms with E-state index in [1.54, 1.807) is 6.92 Å². The second-order valence-electron chi connectivity index (χ2n) is 3.45. The highest BCUT2D eigenvalue weighted by molar-refractivity contribution is 5.31.